The zero-order valence-corrected chi connectivity index (χ0v) is 10.2. The minimum absolute atomic E-state index is 0.0585. The summed E-state index contributed by atoms with van der Waals surface area (Å²) in [6, 6.07) is 5.19. The van der Waals surface area contributed by atoms with Crippen LogP contribution in [0.25, 0.3) is 10.1 Å². The number of carbonyl (C=O) groups is 1. The first-order valence-electron chi connectivity index (χ1n) is 4.90. The van der Waals surface area contributed by atoms with E-state index < -0.39 is 5.97 Å². The van der Waals surface area contributed by atoms with Crippen molar-refractivity contribution in [3.63, 3.8) is 0 Å². The summed E-state index contributed by atoms with van der Waals surface area (Å²) in [5.41, 5.74) is -0.182. The summed E-state index contributed by atoms with van der Waals surface area (Å²) < 4.78 is 11.8. The molecule has 1 aromatic carbocycles. The van der Waals surface area contributed by atoms with Gasteiger partial charge in [-0.15, -0.1) is 0 Å². The van der Waals surface area contributed by atoms with Gasteiger partial charge in [-0.05, 0) is 18.2 Å². The second-order valence-corrected chi connectivity index (χ2v) is 4.43. The molecular formula is C11H11NO4S. The third-order valence-electron chi connectivity index (χ3n) is 2.35. The molecule has 2 aromatic rings. The fourth-order valence-electron chi connectivity index (χ4n) is 1.46. The van der Waals surface area contributed by atoms with Gasteiger partial charge in [-0.1, -0.05) is 11.5 Å². The van der Waals surface area contributed by atoms with Crippen LogP contribution in [0.15, 0.2) is 23.0 Å². The highest BCUT2D eigenvalue weighted by molar-refractivity contribution is 7.13. The molecule has 0 radical (unpaired) electrons. The van der Waals surface area contributed by atoms with Gasteiger partial charge in [-0.2, -0.15) is 0 Å². The number of nitrogens with zero attached hydrogens (tertiary/aromatic N) is 1. The monoisotopic (exact) mass is 253 g/mol. The molecule has 0 aliphatic rings. The molecule has 90 valence electrons. The van der Waals surface area contributed by atoms with Gasteiger partial charge in [-0.3, -0.25) is 13.5 Å². The Labute approximate surface area is 101 Å². The highest BCUT2D eigenvalue weighted by Gasteiger charge is 2.11. The number of methoxy groups -OCH3 is 2. The molecule has 1 heterocycles. The maximum atomic E-state index is 11.9. The second-order valence-electron chi connectivity index (χ2n) is 3.37. The van der Waals surface area contributed by atoms with E-state index in [2.05, 4.69) is 4.74 Å². The molecule has 0 spiro atoms. The van der Waals surface area contributed by atoms with Crippen LogP contribution in [0.2, 0.25) is 0 Å². The first-order chi connectivity index (χ1) is 8.15. The van der Waals surface area contributed by atoms with E-state index in [1.807, 2.05) is 0 Å². The first kappa shape index (κ1) is 11.7. The van der Waals surface area contributed by atoms with Crippen molar-refractivity contribution in [2.45, 2.75) is 6.54 Å². The number of hydrogen-bond donors (Lipinski definition) is 0. The van der Waals surface area contributed by atoms with Crippen LogP contribution in [0.5, 0.6) is 5.75 Å². The summed E-state index contributed by atoms with van der Waals surface area (Å²) >= 11 is 1.22. The largest absolute Gasteiger partial charge is 0.497 e. The molecule has 1 aromatic heterocycles. The van der Waals surface area contributed by atoms with Crippen LogP contribution in [0.4, 0.5) is 0 Å². The van der Waals surface area contributed by atoms with Crippen molar-refractivity contribution in [2.75, 3.05) is 14.2 Å². The maximum absolute atomic E-state index is 11.9. The number of benzene rings is 1. The Morgan fingerprint density at radius 3 is 2.82 bits per heavy atom. The van der Waals surface area contributed by atoms with Crippen LogP contribution in [-0.2, 0) is 16.1 Å². The molecule has 0 atom stereocenters. The molecular weight excluding hydrogens is 242 g/mol. The van der Waals surface area contributed by atoms with Crippen molar-refractivity contribution < 1.29 is 14.3 Å². The lowest BCUT2D eigenvalue weighted by molar-refractivity contribution is -0.141. The molecule has 0 bridgehead atoms. The van der Waals surface area contributed by atoms with Gasteiger partial charge in [-0.25, -0.2) is 0 Å². The van der Waals surface area contributed by atoms with E-state index in [0.29, 0.717) is 11.1 Å². The van der Waals surface area contributed by atoms with Crippen LogP contribution in [0, 0.1) is 0 Å². The molecule has 0 aliphatic carbocycles. The molecule has 0 N–H and O–H groups in total. The van der Waals surface area contributed by atoms with E-state index in [4.69, 9.17) is 4.74 Å². The summed E-state index contributed by atoms with van der Waals surface area (Å²) in [4.78, 5) is 23.0. The van der Waals surface area contributed by atoms with Crippen molar-refractivity contribution in [1.29, 1.82) is 0 Å². The van der Waals surface area contributed by atoms with Gasteiger partial charge < -0.3 is 9.47 Å². The van der Waals surface area contributed by atoms with E-state index in [1.54, 1.807) is 25.3 Å². The Kier molecular flexibility index (Phi) is 3.14. The zero-order valence-electron chi connectivity index (χ0n) is 9.43. The minimum Gasteiger partial charge on any atom is -0.497 e. The molecule has 0 saturated heterocycles. The summed E-state index contributed by atoms with van der Waals surface area (Å²) in [7, 11) is 2.86. The number of esters is 1. The molecule has 0 aliphatic heterocycles. The van der Waals surface area contributed by atoms with E-state index in [0.717, 1.165) is 4.70 Å². The van der Waals surface area contributed by atoms with Gasteiger partial charge in [0.05, 0.1) is 24.3 Å². The van der Waals surface area contributed by atoms with Gasteiger partial charge in [0.15, 0.2) is 0 Å². The van der Waals surface area contributed by atoms with Gasteiger partial charge in [0.25, 0.3) is 5.56 Å². The number of rotatable bonds is 3. The lowest BCUT2D eigenvalue weighted by Crippen LogP contribution is -2.19. The zero-order chi connectivity index (χ0) is 12.4. The SMILES string of the molecule is COC(=O)Cn1sc2cc(OC)ccc2c1=O. The predicted molar refractivity (Wildman–Crippen MR) is 64.7 cm³/mol. The molecule has 6 heteroatoms. The average molecular weight is 253 g/mol. The molecule has 17 heavy (non-hydrogen) atoms. The summed E-state index contributed by atoms with van der Waals surface area (Å²) in [5.74, 6) is 0.245. The van der Waals surface area contributed by atoms with Gasteiger partial charge in [0, 0.05) is 0 Å². The Morgan fingerprint density at radius 2 is 2.18 bits per heavy atom. The molecule has 0 amide bonds. The van der Waals surface area contributed by atoms with Crippen molar-refractivity contribution >= 4 is 27.6 Å². The first-order valence-corrected chi connectivity index (χ1v) is 5.67. The van der Waals surface area contributed by atoms with Crippen LogP contribution < -0.4 is 10.3 Å². The lowest BCUT2D eigenvalue weighted by Gasteiger charge is -1.97. The van der Waals surface area contributed by atoms with Gasteiger partial charge >= 0.3 is 5.97 Å². The number of aromatic nitrogens is 1. The lowest BCUT2D eigenvalue weighted by atomic mass is 10.2. The Hall–Kier alpha value is -1.82. The number of carbonyl (C=O) groups excluding carboxylic acids is 1. The van der Waals surface area contributed by atoms with E-state index in [9.17, 15) is 9.59 Å². The van der Waals surface area contributed by atoms with Gasteiger partial charge in [0.1, 0.15) is 12.3 Å². The van der Waals surface area contributed by atoms with E-state index in [1.165, 1.54) is 22.6 Å². The smallest absolute Gasteiger partial charge is 0.326 e. The normalized spacial score (nSPS) is 10.5. The van der Waals surface area contributed by atoms with Gasteiger partial charge in [0.2, 0.25) is 0 Å². The van der Waals surface area contributed by atoms with Crippen molar-refractivity contribution in [3.05, 3.63) is 28.6 Å². The molecule has 2 rings (SSSR count). The fraction of sp³-hybridized carbons (Fsp3) is 0.273. The third kappa shape index (κ3) is 2.16. The third-order valence-corrected chi connectivity index (χ3v) is 3.40. The van der Waals surface area contributed by atoms with E-state index >= 15 is 0 Å². The molecule has 0 saturated carbocycles. The maximum Gasteiger partial charge on any atom is 0.326 e. The average Bonchev–Trinajstić information content (AvgIpc) is 2.65. The van der Waals surface area contributed by atoms with Crippen LogP contribution in [-0.4, -0.2) is 24.1 Å². The number of hydrogen-bond acceptors (Lipinski definition) is 5. The highest BCUT2D eigenvalue weighted by atomic mass is 32.1. The Balaban J connectivity index is 2.49. The number of fused-ring (bicyclic) bond motifs is 1. The van der Waals surface area contributed by atoms with Crippen LogP contribution in [0.3, 0.4) is 0 Å². The van der Waals surface area contributed by atoms with Crippen LogP contribution >= 0.6 is 11.5 Å². The molecule has 0 fully saturated rings. The Morgan fingerprint density at radius 1 is 1.41 bits per heavy atom. The highest BCUT2D eigenvalue weighted by Crippen LogP contribution is 2.22. The molecule has 5 nitrogen and oxygen atoms in total. The Bertz CT molecular complexity index is 613. The summed E-state index contributed by atoms with van der Waals surface area (Å²) in [6.07, 6.45) is 0. The quantitative estimate of drug-likeness (QED) is 0.772. The summed E-state index contributed by atoms with van der Waals surface area (Å²) in [6.45, 7) is -0.0585. The van der Waals surface area contributed by atoms with E-state index in [-0.39, 0.29) is 12.1 Å². The topological polar surface area (TPSA) is 57.5 Å². The standard InChI is InChI=1S/C11H11NO4S/c1-15-7-3-4-8-9(5-7)17-12(11(8)14)6-10(13)16-2/h3-5H,6H2,1-2H3. The second kappa shape index (κ2) is 4.58. The summed E-state index contributed by atoms with van der Waals surface area (Å²) in [5, 5.41) is 0.583. The van der Waals surface area contributed by atoms with Crippen molar-refractivity contribution in [1.82, 2.24) is 3.96 Å². The van der Waals surface area contributed by atoms with Crippen LogP contribution in [0.1, 0.15) is 0 Å². The minimum atomic E-state index is -0.439. The fourth-order valence-corrected chi connectivity index (χ4v) is 2.47. The predicted octanol–water partition coefficient (Wildman–Crippen LogP) is 1.24. The molecule has 0 unspecified atom stereocenters. The number of ether oxygens (including phenoxy) is 2. The van der Waals surface area contributed by atoms with Crippen molar-refractivity contribution in [2.24, 2.45) is 0 Å². The van der Waals surface area contributed by atoms with Crippen molar-refractivity contribution in [3.8, 4) is 5.75 Å².